The molecule has 0 saturated carbocycles. The quantitative estimate of drug-likeness (QED) is 0.574. The summed E-state index contributed by atoms with van der Waals surface area (Å²) in [6.45, 7) is 1.24. The number of hydrogen-bond acceptors (Lipinski definition) is 5. The van der Waals surface area contributed by atoms with Gasteiger partial charge < -0.3 is 10.2 Å². The summed E-state index contributed by atoms with van der Waals surface area (Å²) in [5.74, 6) is -0.336. The van der Waals surface area contributed by atoms with Gasteiger partial charge in [0.2, 0.25) is 0 Å². The molecule has 0 fully saturated rings. The average molecular weight is 246 g/mol. The highest BCUT2D eigenvalue weighted by molar-refractivity contribution is 7.85. The minimum atomic E-state index is -3.89. The monoisotopic (exact) mass is 246 g/mol. The van der Waals surface area contributed by atoms with Crippen LogP contribution >= 0.6 is 0 Å². The highest BCUT2D eigenvalue weighted by Gasteiger charge is 2.21. The van der Waals surface area contributed by atoms with Crippen molar-refractivity contribution in [2.24, 2.45) is 0 Å². The largest absolute Gasteiger partial charge is 0.388 e. The third-order valence-electron chi connectivity index (χ3n) is 1.84. The summed E-state index contributed by atoms with van der Waals surface area (Å²) < 4.78 is 27.2. The van der Waals surface area contributed by atoms with Crippen LogP contribution in [0.5, 0.6) is 0 Å². The Hall–Kier alpha value is -0.950. The van der Waals surface area contributed by atoms with Crippen LogP contribution in [-0.4, -0.2) is 31.0 Å². The van der Waals surface area contributed by atoms with Crippen molar-refractivity contribution in [2.75, 3.05) is 0 Å². The van der Waals surface area contributed by atoms with Gasteiger partial charge in [0, 0.05) is 0 Å². The average Bonchev–Trinajstić information content (AvgIpc) is 2.17. The first kappa shape index (κ1) is 13.1. The molecule has 0 aromatic heterocycles. The third kappa shape index (κ3) is 4.28. The molecule has 5 nitrogen and oxygen atoms in total. The van der Waals surface area contributed by atoms with Crippen LogP contribution in [0.3, 0.4) is 0 Å². The summed E-state index contributed by atoms with van der Waals surface area (Å²) in [6.07, 6.45) is -2.99. The van der Waals surface area contributed by atoms with Gasteiger partial charge in [-0.15, -0.1) is 0 Å². The Bertz CT molecular complexity index is 412. The van der Waals surface area contributed by atoms with Gasteiger partial charge in [0.15, 0.2) is 6.29 Å². The molecule has 2 N–H and O–H groups in total. The van der Waals surface area contributed by atoms with Crippen LogP contribution in [0.15, 0.2) is 30.3 Å². The molecule has 0 spiro atoms. The molecular formula is C10H14O5S. The molecule has 0 radical (unpaired) electrons. The van der Waals surface area contributed by atoms with Crippen molar-refractivity contribution in [1.82, 2.24) is 0 Å². The molecule has 1 aromatic carbocycles. The highest BCUT2D eigenvalue weighted by atomic mass is 32.2. The number of benzene rings is 1. The topological polar surface area (TPSA) is 83.8 Å². The molecule has 6 heteroatoms. The zero-order valence-corrected chi connectivity index (χ0v) is 9.59. The second-order valence-corrected chi connectivity index (χ2v) is 5.01. The van der Waals surface area contributed by atoms with Crippen LogP contribution < -0.4 is 0 Å². The molecule has 16 heavy (non-hydrogen) atoms. The van der Waals surface area contributed by atoms with Crippen LogP contribution in [0, 0.1) is 0 Å². The van der Waals surface area contributed by atoms with Gasteiger partial charge in [0.25, 0.3) is 10.1 Å². The fraction of sp³-hybridized carbons (Fsp3) is 0.400. The van der Waals surface area contributed by atoms with Gasteiger partial charge in [-0.25, -0.2) is 4.18 Å². The summed E-state index contributed by atoms with van der Waals surface area (Å²) in [4.78, 5) is 0. The molecule has 0 saturated heterocycles. The lowest BCUT2D eigenvalue weighted by Crippen LogP contribution is -2.29. The zero-order valence-electron chi connectivity index (χ0n) is 8.78. The number of rotatable bonds is 5. The lowest BCUT2D eigenvalue weighted by molar-refractivity contribution is -0.0923. The number of aliphatic hydroxyl groups is 2. The van der Waals surface area contributed by atoms with Gasteiger partial charge in [-0.05, 0) is 12.5 Å². The fourth-order valence-corrected chi connectivity index (χ4v) is 2.17. The van der Waals surface area contributed by atoms with E-state index in [2.05, 4.69) is 4.18 Å². The number of aliphatic hydroxyl groups excluding tert-OH is 2. The van der Waals surface area contributed by atoms with Crippen molar-refractivity contribution < 1.29 is 22.8 Å². The van der Waals surface area contributed by atoms with E-state index >= 15 is 0 Å². The van der Waals surface area contributed by atoms with Crippen molar-refractivity contribution in [2.45, 2.75) is 25.1 Å². The van der Waals surface area contributed by atoms with Gasteiger partial charge in [0.05, 0.1) is 0 Å². The predicted molar refractivity (Wildman–Crippen MR) is 57.8 cm³/mol. The first-order chi connectivity index (χ1) is 7.41. The molecule has 0 aliphatic rings. The molecule has 2 unspecified atom stereocenters. The Morgan fingerprint density at radius 2 is 1.81 bits per heavy atom. The summed E-state index contributed by atoms with van der Waals surface area (Å²) >= 11 is 0. The summed E-state index contributed by atoms with van der Waals surface area (Å²) in [5, 5.41) is 18.0. The fourth-order valence-electron chi connectivity index (χ4n) is 1.04. The predicted octanol–water partition coefficient (Wildman–Crippen LogP) is 0.232. The summed E-state index contributed by atoms with van der Waals surface area (Å²) in [5.41, 5.74) is 0.556. The highest BCUT2D eigenvalue weighted by Crippen LogP contribution is 2.10. The van der Waals surface area contributed by atoms with E-state index in [-0.39, 0.29) is 5.75 Å². The molecule has 0 heterocycles. The molecule has 0 amide bonds. The Kier molecular flexibility index (Phi) is 4.43. The van der Waals surface area contributed by atoms with E-state index in [4.69, 9.17) is 10.2 Å². The van der Waals surface area contributed by atoms with Gasteiger partial charge in [-0.3, -0.25) is 0 Å². The van der Waals surface area contributed by atoms with Crippen molar-refractivity contribution in [3.8, 4) is 0 Å². The normalized spacial score (nSPS) is 15.7. The smallest absolute Gasteiger partial charge is 0.274 e. The van der Waals surface area contributed by atoms with Crippen LogP contribution in [0.2, 0.25) is 0 Å². The van der Waals surface area contributed by atoms with E-state index in [9.17, 15) is 8.42 Å². The molecule has 0 bridgehead atoms. The lowest BCUT2D eigenvalue weighted by Gasteiger charge is -2.14. The Balaban J connectivity index is 2.66. The minimum absolute atomic E-state index is 0.336. The first-order valence-electron chi connectivity index (χ1n) is 4.72. The second-order valence-electron chi connectivity index (χ2n) is 3.42. The molecule has 90 valence electrons. The van der Waals surface area contributed by atoms with Gasteiger partial charge in [-0.1, -0.05) is 30.3 Å². The summed E-state index contributed by atoms with van der Waals surface area (Å²) in [6, 6.07) is 8.44. The van der Waals surface area contributed by atoms with E-state index in [0.29, 0.717) is 5.56 Å². The van der Waals surface area contributed by atoms with Crippen molar-refractivity contribution >= 4 is 10.1 Å². The molecule has 1 rings (SSSR count). The second kappa shape index (κ2) is 5.40. The van der Waals surface area contributed by atoms with Crippen LogP contribution in [0.1, 0.15) is 12.5 Å². The molecule has 1 aromatic rings. The number of hydrogen-bond donors (Lipinski definition) is 2. The van der Waals surface area contributed by atoms with Crippen LogP contribution in [-0.2, 0) is 20.1 Å². The van der Waals surface area contributed by atoms with E-state index in [1.165, 1.54) is 6.92 Å². The maximum atomic E-state index is 11.4. The van der Waals surface area contributed by atoms with Gasteiger partial charge in [0.1, 0.15) is 11.9 Å². The standard InChI is InChI=1S/C10H14O5S/c1-8(11)10(12)15-16(13,14)7-9-5-3-2-4-6-9/h2-6,8,10-12H,7H2,1H3. The van der Waals surface area contributed by atoms with Gasteiger partial charge >= 0.3 is 0 Å². The maximum absolute atomic E-state index is 11.4. The van der Waals surface area contributed by atoms with Crippen LogP contribution in [0.25, 0.3) is 0 Å². The SMILES string of the molecule is CC(O)C(O)OS(=O)(=O)Cc1ccccc1. The first-order valence-corrected chi connectivity index (χ1v) is 6.29. The van der Waals surface area contributed by atoms with Crippen molar-refractivity contribution in [3.63, 3.8) is 0 Å². The Morgan fingerprint density at radius 1 is 1.25 bits per heavy atom. The van der Waals surface area contributed by atoms with E-state index in [1.807, 2.05) is 0 Å². The maximum Gasteiger partial charge on any atom is 0.274 e. The van der Waals surface area contributed by atoms with E-state index in [0.717, 1.165) is 0 Å². The van der Waals surface area contributed by atoms with Crippen molar-refractivity contribution in [3.05, 3.63) is 35.9 Å². The van der Waals surface area contributed by atoms with Crippen LogP contribution in [0.4, 0.5) is 0 Å². The molecule has 2 atom stereocenters. The van der Waals surface area contributed by atoms with Gasteiger partial charge in [-0.2, -0.15) is 8.42 Å². The van der Waals surface area contributed by atoms with E-state index in [1.54, 1.807) is 30.3 Å². The Labute approximate surface area is 94.4 Å². The molecule has 0 aliphatic carbocycles. The third-order valence-corrected chi connectivity index (χ3v) is 3.02. The lowest BCUT2D eigenvalue weighted by atomic mass is 10.2. The molecular weight excluding hydrogens is 232 g/mol. The Morgan fingerprint density at radius 3 is 2.31 bits per heavy atom. The van der Waals surface area contributed by atoms with E-state index < -0.39 is 22.5 Å². The summed E-state index contributed by atoms with van der Waals surface area (Å²) in [7, 11) is -3.89. The van der Waals surface area contributed by atoms with Crippen molar-refractivity contribution in [1.29, 1.82) is 0 Å². The minimum Gasteiger partial charge on any atom is -0.388 e. The molecule has 0 aliphatic heterocycles. The zero-order chi connectivity index (χ0) is 12.2.